The molecule has 1 aromatic carbocycles. The number of hydrogen-bond donors (Lipinski definition) is 4. The fraction of sp³-hybridized carbons (Fsp3) is 0.385. The summed E-state index contributed by atoms with van der Waals surface area (Å²) in [5.41, 5.74) is -0.112. The van der Waals surface area contributed by atoms with E-state index in [-0.39, 0.29) is 19.1 Å². The van der Waals surface area contributed by atoms with E-state index < -0.39 is 11.4 Å². The molecular formula is C13H16N2O4S. The lowest BCUT2D eigenvalue weighted by atomic mass is 10.0. The zero-order valence-corrected chi connectivity index (χ0v) is 11.8. The van der Waals surface area contributed by atoms with E-state index in [0.717, 1.165) is 4.90 Å². The molecule has 0 aromatic heterocycles. The molecule has 0 fully saturated rings. The Morgan fingerprint density at radius 2 is 2.15 bits per heavy atom. The molecule has 20 heavy (non-hydrogen) atoms. The summed E-state index contributed by atoms with van der Waals surface area (Å²) in [6.45, 7) is 0.806. The molecule has 2 amide bonds. The van der Waals surface area contributed by atoms with Gasteiger partial charge < -0.3 is 20.8 Å². The van der Waals surface area contributed by atoms with E-state index in [9.17, 15) is 19.8 Å². The maximum Gasteiger partial charge on any atom is 0.251 e. The van der Waals surface area contributed by atoms with E-state index in [1.54, 1.807) is 25.1 Å². The quantitative estimate of drug-likeness (QED) is 0.636. The van der Waals surface area contributed by atoms with Crippen molar-refractivity contribution in [3.8, 4) is 0 Å². The number of aliphatic hydroxyl groups is 2. The van der Waals surface area contributed by atoms with Gasteiger partial charge in [0, 0.05) is 10.5 Å². The summed E-state index contributed by atoms with van der Waals surface area (Å²) in [5.74, 6) is -0.148. The summed E-state index contributed by atoms with van der Waals surface area (Å²) < 4.78 is 0. The van der Waals surface area contributed by atoms with Crippen LogP contribution in [-0.2, 0) is 4.79 Å². The first-order chi connectivity index (χ1) is 9.47. The van der Waals surface area contributed by atoms with E-state index in [1.165, 1.54) is 11.8 Å². The molecule has 0 radical (unpaired) electrons. The molecule has 0 aliphatic carbocycles. The summed E-state index contributed by atoms with van der Waals surface area (Å²) in [6, 6.07) is 5.00. The number of carbonyl (C=O) groups is 2. The average Bonchev–Trinajstić information content (AvgIpc) is 2.46. The second kappa shape index (κ2) is 5.82. The van der Waals surface area contributed by atoms with E-state index in [0.29, 0.717) is 17.0 Å². The van der Waals surface area contributed by atoms with Crippen LogP contribution in [0.3, 0.4) is 0 Å². The number of amides is 2. The third kappa shape index (κ3) is 3.12. The van der Waals surface area contributed by atoms with Crippen LogP contribution in [0, 0.1) is 0 Å². The Kier molecular flexibility index (Phi) is 4.32. The number of aliphatic hydroxyl groups excluding tert-OH is 2. The lowest BCUT2D eigenvalue weighted by Gasteiger charge is -2.26. The molecule has 6 nitrogen and oxygen atoms in total. The van der Waals surface area contributed by atoms with Crippen molar-refractivity contribution in [1.29, 1.82) is 0 Å². The van der Waals surface area contributed by atoms with E-state index >= 15 is 0 Å². The summed E-state index contributed by atoms with van der Waals surface area (Å²) in [4.78, 5) is 24.3. The molecule has 0 unspecified atom stereocenters. The SMILES string of the molecule is CC(CO)(CO)NC(=O)c1ccc2c(c1)NC(=O)CS2. The molecule has 1 aromatic rings. The van der Waals surface area contributed by atoms with Crippen LogP contribution in [0.5, 0.6) is 0 Å². The Labute approximate surface area is 120 Å². The average molecular weight is 296 g/mol. The van der Waals surface area contributed by atoms with Crippen molar-refractivity contribution in [3.05, 3.63) is 23.8 Å². The van der Waals surface area contributed by atoms with Crippen molar-refractivity contribution >= 4 is 29.3 Å². The van der Waals surface area contributed by atoms with Gasteiger partial charge in [0.05, 0.1) is 30.2 Å². The normalized spacial score (nSPS) is 14.4. The summed E-state index contributed by atoms with van der Waals surface area (Å²) in [6.07, 6.45) is 0. The van der Waals surface area contributed by atoms with Gasteiger partial charge in [-0.2, -0.15) is 0 Å². The summed E-state index contributed by atoms with van der Waals surface area (Å²) >= 11 is 1.42. The van der Waals surface area contributed by atoms with Crippen LogP contribution >= 0.6 is 11.8 Å². The predicted octanol–water partition coefficient (Wildman–Crippen LogP) is 0.204. The Balaban J connectivity index is 2.19. The van der Waals surface area contributed by atoms with Crippen molar-refractivity contribution in [3.63, 3.8) is 0 Å². The number of hydrogen-bond acceptors (Lipinski definition) is 5. The molecule has 0 atom stereocenters. The topological polar surface area (TPSA) is 98.7 Å². The molecule has 0 bridgehead atoms. The molecule has 1 heterocycles. The van der Waals surface area contributed by atoms with Gasteiger partial charge in [-0.25, -0.2) is 0 Å². The highest BCUT2D eigenvalue weighted by atomic mass is 32.2. The zero-order chi connectivity index (χ0) is 14.8. The highest BCUT2D eigenvalue weighted by molar-refractivity contribution is 8.00. The predicted molar refractivity (Wildman–Crippen MR) is 75.8 cm³/mol. The molecule has 4 N–H and O–H groups in total. The van der Waals surface area contributed by atoms with Crippen LogP contribution in [0.25, 0.3) is 0 Å². The first-order valence-electron chi connectivity index (χ1n) is 6.08. The van der Waals surface area contributed by atoms with E-state index in [2.05, 4.69) is 10.6 Å². The maximum atomic E-state index is 12.1. The molecule has 1 aliphatic rings. The van der Waals surface area contributed by atoms with Gasteiger partial charge in [0.1, 0.15) is 0 Å². The highest BCUT2D eigenvalue weighted by Gasteiger charge is 2.26. The van der Waals surface area contributed by atoms with Gasteiger partial charge in [0.15, 0.2) is 0 Å². The molecule has 1 aliphatic heterocycles. The fourth-order valence-electron chi connectivity index (χ4n) is 1.70. The largest absolute Gasteiger partial charge is 0.394 e. The van der Waals surface area contributed by atoms with Crippen molar-refractivity contribution in [2.75, 3.05) is 24.3 Å². The van der Waals surface area contributed by atoms with Crippen LogP contribution in [-0.4, -0.2) is 46.5 Å². The van der Waals surface area contributed by atoms with Gasteiger partial charge in [-0.1, -0.05) is 0 Å². The molecule has 108 valence electrons. The number of nitrogens with one attached hydrogen (secondary N) is 2. The summed E-state index contributed by atoms with van der Waals surface area (Å²) in [7, 11) is 0. The minimum Gasteiger partial charge on any atom is -0.394 e. The van der Waals surface area contributed by atoms with Crippen LogP contribution in [0.1, 0.15) is 17.3 Å². The monoisotopic (exact) mass is 296 g/mol. The smallest absolute Gasteiger partial charge is 0.251 e. The molecule has 0 saturated carbocycles. The van der Waals surface area contributed by atoms with Crippen LogP contribution < -0.4 is 10.6 Å². The number of thioether (sulfide) groups is 1. The minimum atomic E-state index is -1.08. The highest BCUT2D eigenvalue weighted by Crippen LogP contribution is 2.31. The van der Waals surface area contributed by atoms with Gasteiger partial charge in [0.2, 0.25) is 5.91 Å². The van der Waals surface area contributed by atoms with Crippen LogP contribution in [0.15, 0.2) is 23.1 Å². The number of carbonyl (C=O) groups excluding carboxylic acids is 2. The van der Waals surface area contributed by atoms with Crippen molar-refractivity contribution < 1.29 is 19.8 Å². The lowest BCUT2D eigenvalue weighted by Crippen LogP contribution is -2.51. The second-order valence-corrected chi connectivity index (χ2v) is 5.90. The van der Waals surface area contributed by atoms with Crippen molar-refractivity contribution in [2.45, 2.75) is 17.4 Å². The number of rotatable bonds is 4. The minimum absolute atomic E-state index is 0.101. The van der Waals surface area contributed by atoms with Crippen molar-refractivity contribution in [1.82, 2.24) is 5.32 Å². The third-order valence-electron chi connectivity index (χ3n) is 2.99. The van der Waals surface area contributed by atoms with Gasteiger partial charge in [-0.05, 0) is 25.1 Å². The molecular weight excluding hydrogens is 280 g/mol. The Bertz CT molecular complexity index is 543. The molecule has 0 spiro atoms. The first-order valence-corrected chi connectivity index (χ1v) is 7.07. The third-order valence-corrected chi connectivity index (χ3v) is 4.06. The van der Waals surface area contributed by atoms with Crippen molar-refractivity contribution in [2.24, 2.45) is 0 Å². The van der Waals surface area contributed by atoms with Gasteiger partial charge >= 0.3 is 0 Å². The summed E-state index contributed by atoms with van der Waals surface area (Å²) in [5, 5.41) is 23.6. The number of anilines is 1. The number of fused-ring (bicyclic) bond motifs is 1. The maximum absolute atomic E-state index is 12.1. The molecule has 7 heteroatoms. The zero-order valence-electron chi connectivity index (χ0n) is 11.0. The van der Waals surface area contributed by atoms with Gasteiger partial charge in [-0.3, -0.25) is 9.59 Å². The standard InChI is InChI=1S/C13H16N2O4S/c1-13(6-16,7-17)15-12(19)8-2-3-10-9(4-8)14-11(18)5-20-10/h2-4,16-17H,5-7H2,1H3,(H,14,18)(H,15,19). The molecule has 0 saturated heterocycles. The van der Waals surface area contributed by atoms with E-state index in [1.807, 2.05) is 0 Å². The molecule has 2 rings (SSSR count). The Morgan fingerprint density at radius 3 is 2.80 bits per heavy atom. The van der Waals surface area contributed by atoms with Gasteiger partial charge in [0.25, 0.3) is 5.91 Å². The van der Waals surface area contributed by atoms with Crippen LogP contribution in [0.4, 0.5) is 5.69 Å². The Hall–Kier alpha value is -1.57. The van der Waals surface area contributed by atoms with E-state index in [4.69, 9.17) is 0 Å². The van der Waals surface area contributed by atoms with Gasteiger partial charge in [-0.15, -0.1) is 11.8 Å². The fourth-order valence-corrected chi connectivity index (χ4v) is 2.49. The lowest BCUT2D eigenvalue weighted by molar-refractivity contribution is -0.113. The first kappa shape index (κ1) is 14.8. The van der Waals surface area contributed by atoms with Crippen LogP contribution in [0.2, 0.25) is 0 Å². The number of benzene rings is 1. The Morgan fingerprint density at radius 1 is 1.45 bits per heavy atom. The second-order valence-electron chi connectivity index (χ2n) is 4.88.